The number of halogens is 1. The lowest BCUT2D eigenvalue weighted by Crippen LogP contribution is -2.39. The molecule has 0 aromatic carbocycles. The second-order valence-corrected chi connectivity index (χ2v) is 7.18. The van der Waals surface area contributed by atoms with Crippen LogP contribution in [-0.4, -0.2) is 28.4 Å². The maximum atomic E-state index is 12.0. The zero-order valence-electron chi connectivity index (χ0n) is 11.0. The molecule has 1 heterocycles. The van der Waals surface area contributed by atoms with Gasteiger partial charge in [0.05, 0.1) is 18.0 Å². The summed E-state index contributed by atoms with van der Waals surface area (Å²) >= 11 is 9.13. The van der Waals surface area contributed by atoms with E-state index in [1.54, 1.807) is 0 Å². The molecule has 1 N–H and O–H groups in total. The van der Waals surface area contributed by atoms with E-state index in [0.29, 0.717) is 23.6 Å². The predicted octanol–water partition coefficient (Wildman–Crippen LogP) is 3.21. The van der Waals surface area contributed by atoms with Gasteiger partial charge in [0.1, 0.15) is 5.01 Å². The lowest BCUT2D eigenvalue weighted by molar-refractivity contribution is -0.121. The predicted molar refractivity (Wildman–Crippen MR) is 83.1 cm³/mol. The fraction of sp³-hybridized carbons (Fsp3) is 0.692. The van der Waals surface area contributed by atoms with Crippen LogP contribution in [0, 0.1) is 0 Å². The number of hydrogen-bond acceptors (Lipinski definition) is 4. The first-order chi connectivity index (χ1) is 9.21. The average molecular weight is 319 g/mol. The van der Waals surface area contributed by atoms with E-state index in [1.165, 1.54) is 24.2 Å². The van der Waals surface area contributed by atoms with Crippen molar-refractivity contribution in [3.8, 4) is 0 Å². The minimum atomic E-state index is 0.0854. The lowest BCUT2D eigenvalue weighted by atomic mass is 9.95. The molecule has 1 saturated carbocycles. The molecule has 1 aliphatic carbocycles. The number of rotatable bonds is 5. The summed E-state index contributed by atoms with van der Waals surface area (Å²) in [4.78, 5) is 16.3. The van der Waals surface area contributed by atoms with Crippen molar-refractivity contribution in [3.63, 3.8) is 0 Å². The van der Waals surface area contributed by atoms with Gasteiger partial charge in [-0.15, -0.1) is 22.9 Å². The van der Waals surface area contributed by atoms with Crippen molar-refractivity contribution in [2.45, 2.75) is 49.3 Å². The summed E-state index contributed by atoms with van der Waals surface area (Å²) in [6.07, 6.45) is 7.22. The molecule has 0 saturated heterocycles. The molecule has 19 heavy (non-hydrogen) atoms. The van der Waals surface area contributed by atoms with Gasteiger partial charge in [0, 0.05) is 16.7 Å². The van der Waals surface area contributed by atoms with Gasteiger partial charge in [-0.05, 0) is 25.5 Å². The number of alkyl halides is 1. The Morgan fingerprint density at radius 2 is 2.47 bits per heavy atom. The molecule has 2 atom stereocenters. The van der Waals surface area contributed by atoms with Gasteiger partial charge in [-0.25, -0.2) is 4.98 Å². The van der Waals surface area contributed by atoms with E-state index >= 15 is 0 Å². The van der Waals surface area contributed by atoms with E-state index in [1.807, 2.05) is 17.1 Å². The number of hydrogen-bond donors (Lipinski definition) is 1. The molecule has 1 aliphatic rings. The number of nitrogens with one attached hydrogen (secondary N) is 1. The molecule has 0 radical (unpaired) electrons. The van der Waals surface area contributed by atoms with Crippen LogP contribution >= 0.6 is 34.7 Å². The summed E-state index contributed by atoms with van der Waals surface area (Å²) in [6, 6.07) is 0.339. The molecule has 1 aromatic rings. The van der Waals surface area contributed by atoms with E-state index in [9.17, 15) is 4.79 Å². The van der Waals surface area contributed by atoms with Gasteiger partial charge in [-0.1, -0.05) is 6.42 Å². The normalized spacial score (nSPS) is 23.3. The van der Waals surface area contributed by atoms with Crippen LogP contribution < -0.4 is 5.32 Å². The fourth-order valence-corrected chi connectivity index (χ4v) is 4.25. The fourth-order valence-electron chi connectivity index (χ4n) is 2.40. The maximum absolute atomic E-state index is 12.0. The van der Waals surface area contributed by atoms with Gasteiger partial charge in [0.25, 0.3) is 0 Å². The van der Waals surface area contributed by atoms with E-state index in [2.05, 4.69) is 16.6 Å². The third kappa shape index (κ3) is 4.65. The molecule has 106 valence electrons. The van der Waals surface area contributed by atoms with Gasteiger partial charge >= 0.3 is 0 Å². The highest BCUT2D eigenvalue weighted by molar-refractivity contribution is 7.99. The second kappa shape index (κ2) is 7.50. The van der Waals surface area contributed by atoms with Crippen LogP contribution in [0.2, 0.25) is 0 Å². The van der Waals surface area contributed by atoms with Gasteiger partial charge < -0.3 is 5.32 Å². The summed E-state index contributed by atoms with van der Waals surface area (Å²) in [5.74, 6) is 0.498. The SMILES string of the molecule is CSC1CCCC(NC(=O)Cc2nc(CCl)cs2)C1. The Hall–Kier alpha value is -0.260. The first kappa shape index (κ1) is 15.1. The number of amides is 1. The smallest absolute Gasteiger partial charge is 0.227 e. The standard InChI is InChI=1S/C13H19ClN2OS2/c1-18-11-4-2-3-9(5-11)15-12(17)6-13-16-10(7-14)8-19-13/h8-9,11H,2-7H2,1H3,(H,15,17). The van der Waals surface area contributed by atoms with Crippen molar-refractivity contribution in [3.05, 3.63) is 16.1 Å². The Morgan fingerprint density at radius 1 is 1.63 bits per heavy atom. The maximum Gasteiger partial charge on any atom is 0.227 e. The molecule has 1 amide bonds. The minimum Gasteiger partial charge on any atom is -0.353 e. The molecule has 6 heteroatoms. The Balaban J connectivity index is 1.80. The molecule has 0 bridgehead atoms. The zero-order valence-corrected chi connectivity index (χ0v) is 13.4. The Bertz CT molecular complexity index is 425. The van der Waals surface area contributed by atoms with Crippen LogP contribution in [0.15, 0.2) is 5.38 Å². The third-order valence-electron chi connectivity index (χ3n) is 3.37. The number of aromatic nitrogens is 1. The van der Waals surface area contributed by atoms with Crippen LogP contribution in [0.3, 0.4) is 0 Å². The molecule has 1 fully saturated rings. The second-order valence-electron chi connectivity index (χ2n) is 4.83. The minimum absolute atomic E-state index is 0.0854. The quantitative estimate of drug-likeness (QED) is 0.848. The molecule has 0 spiro atoms. The summed E-state index contributed by atoms with van der Waals surface area (Å²) in [6.45, 7) is 0. The van der Waals surface area contributed by atoms with E-state index < -0.39 is 0 Å². The number of carbonyl (C=O) groups excluding carboxylic acids is 1. The molecular formula is C13H19ClN2OS2. The topological polar surface area (TPSA) is 42.0 Å². The van der Waals surface area contributed by atoms with Crippen LogP contribution in [0.4, 0.5) is 0 Å². The van der Waals surface area contributed by atoms with Crippen LogP contribution in [-0.2, 0) is 17.1 Å². The molecule has 0 aliphatic heterocycles. The monoisotopic (exact) mass is 318 g/mol. The number of nitrogens with zero attached hydrogens (tertiary/aromatic N) is 1. The summed E-state index contributed by atoms with van der Waals surface area (Å²) in [5, 5.41) is 6.61. The molecule has 1 aromatic heterocycles. The van der Waals surface area contributed by atoms with Crippen LogP contribution in [0.5, 0.6) is 0 Å². The van der Waals surface area contributed by atoms with Crippen molar-refractivity contribution < 1.29 is 4.79 Å². The van der Waals surface area contributed by atoms with Gasteiger partial charge in [-0.3, -0.25) is 4.79 Å². The lowest BCUT2D eigenvalue weighted by Gasteiger charge is -2.28. The van der Waals surface area contributed by atoms with Crippen molar-refractivity contribution in [1.29, 1.82) is 0 Å². The average Bonchev–Trinajstić information content (AvgIpc) is 2.86. The molecule has 2 rings (SSSR count). The van der Waals surface area contributed by atoms with Crippen molar-refractivity contribution >= 4 is 40.6 Å². The van der Waals surface area contributed by atoms with Crippen molar-refractivity contribution in [2.75, 3.05) is 6.26 Å². The zero-order chi connectivity index (χ0) is 13.7. The highest BCUT2D eigenvalue weighted by Gasteiger charge is 2.22. The summed E-state index contributed by atoms with van der Waals surface area (Å²) in [5.41, 5.74) is 0.856. The molecular weight excluding hydrogens is 300 g/mol. The number of thiazole rings is 1. The molecule has 2 unspecified atom stereocenters. The highest BCUT2D eigenvalue weighted by Crippen LogP contribution is 2.26. The van der Waals surface area contributed by atoms with Crippen LogP contribution in [0.25, 0.3) is 0 Å². The molecule has 3 nitrogen and oxygen atoms in total. The van der Waals surface area contributed by atoms with Gasteiger partial charge in [0.2, 0.25) is 5.91 Å². The van der Waals surface area contributed by atoms with Gasteiger partial charge in [0.15, 0.2) is 0 Å². The van der Waals surface area contributed by atoms with E-state index in [4.69, 9.17) is 11.6 Å². The Labute approximate surface area is 127 Å². The van der Waals surface area contributed by atoms with E-state index in [0.717, 1.165) is 23.5 Å². The van der Waals surface area contributed by atoms with Crippen LogP contribution in [0.1, 0.15) is 36.4 Å². The Morgan fingerprint density at radius 3 is 3.16 bits per heavy atom. The largest absolute Gasteiger partial charge is 0.353 e. The first-order valence-corrected chi connectivity index (χ1v) is 9.23. The summed E-state index contributed by atoms with van der Waals surface area (Å²) in [7, 11) is 0. The highest BCUT2D eigenvalue weighted by atomic mass is 35.5. The number of thioether (sulfide) groups is 1. The van der Waals surface area contributed by atoms with E-state index in [-0.39, 0.29) is 5.91 Å². The van der Waals surface area contributed by atoms with Crippen molar-refractivity contribution in [1.82, 2.24) is 10.3 Å². The third-order valence-corrected chi connectivity index (χ3v) is 5.64. The number of carbonyl (C=O) groups is 1. The summed E-state index contributed by atoms with van der Waals surface area (Å²) < 4.78 is 0. The Kier molecular flexibility index (Phi) is 5.98. The first-order valence-electron chi connectivity index (χ1n) is 6.52. The van der Waals surface area contributed by atoms with Gasteiger partial charge in [-0.2, -0.15) is 11.8 Å². The van der Waals surface area contributed by atoms with Crippen molar-refractivity contribution in [2.24, 2.45) is 0 Å².